The number of methoxy groups -OCH3 is 1. The molecule has 0 saturated heterocycles. The molecule has 1 atom stereocenters. The third-order valence-electron chi connectivity index (χ3n) is 4.87. The van der Waals surface area contributed by atoms with E-state index in [1.54, 1.807) is 11.3 Å². The van der Waals surface area contributed by atoms with Crippen molar-refractivity contribution in [3.63, 3.8) is 0 Å². The lowest BCUT2D eigenvalue weighted by molar-refractivity contribution is -0.150. The second-order valence-electron chi connectivity index (χ2n) is 7.27. The number of aryl methyl sites for hydroxylation is 1. The molecule has 24 heavy (non-hydrogen) atoms. The van der Waals surface area contributed by atoms with E-state index in [0.717, 1.165) is 42.8 Å². The van der Waals surface area contributed by atoms with Gasteiger partial charge in [-0.1, -0.05) is 13.8 Å². The Morgan fingerprint density at radius 3 is 2.67 bits per heavy atom. The number of rotatable bonds is 5. The van der Waals surface area contributed by atoms with Crippen molar-refractivity contribution in [1.29, 1.82) is 0 Å². The molecule has 0 aliphatic heterocycles. The van der Waals surface area contributed by atoms with E-state index >= 15 is 0 Å². The van der Waals surface area contributed by atoms with Gasteiger partial charge in [-0.15, -0.1) is 11.3 Å². The summed E-state index contributed by atoms with van der Waals surface area (Å²) in [4.78, 5) is 29.7. The molecule has 0 amide bonds. The normalized spacial score (nSPS) is 25.8. The first-order valence-electron chi connectivity index (χ1n) is 8.70. The molecule has 1 saturated carbocycles. The molecule has 1 heterocycles. The molecule has 2 aliphatic rings. The fourth-order valence-electron chi connectivity index (χ4n) is 3.32. The maximum atomic E-state index is 12.2. The number of carbonyl (C=O) groups excluding carboxylic acids is 2. The summed E-state index contributed by atoms with van der Waals surface area (Å²) in [5.41, 5.74) is 1.14. The first-order chi connectivity index (χ1) is 11.5. The zero-order chi connectivity index (χ0) is 17.3. The van der Waals surface area contributed by atoms with Gasteiger partial charge >= 0.3 is 11.9 Å². The number of nitrogens with zero attached hydrogens (tertiary/aromatic N) is 1. The van der Waals surface area contributed by atoms with Crippen LogP contribution in [0.3, 0.4) is 0 Å². The third kappa shape index (κ3) is 3.63. The largest absolute Gasteiger partial charge is 0.469 e. The van der Waals surface area contributed by atoms with Gasteiger partial charge in [0.05, 0.1) is 36.3 Å². The second kappa shape index (κ2) is 7.21. The van der Waals surface area contributed by atoms with Gasteiger partial charge in [-0.25, -0.2) is 4.98 Å². The fraction of sp³-hybridized carbons (Fsp3) is 0.722. The van der Waals surface area contributed by atoms with Crippen LogP contribution < -0.4 is 0 Å². The van der Waals surface area contributed by atoms with Gasteiger partial charge in [0.1, 0.15) is 0 Å². The van der Waals surface area contributed by atoms with E-state index in [9.17, 15) is 9.59 Å². The number of thiazole rings is 1. The highest BCUT2D eigenvalue weighted by molar-refractivity contribution is 7.11. The number of carbonyl (C=O) groups is 2. The summed E-state index contributed by atoms with van der Waals surface area (Å²) in [7, 11) is 1.44. The van der Waals surface area contributed by atoms with Crippen LogP contribution in [0, 0.1) is 17.8 Å². The maximum absolute atomic E-state index is 12.2. The van der Waals surface area contributed by atoms with Gasteiger partial charge in [-0.05, 0) is 38.0 Å². The Morgan fingerprint density at radius 1 is 1.25 bits per heavy atom. The summed E-state index contributed by atoms with van der Waals surface area (Å²) in [5, 5.41) is 1.12. The number of ether oxygens (including phenoxy) is 2. The molecule has 2 aliphatic carbocycles. The van der Waals surface area contributed by atoms with Crippen molar-refractivity contribution in [3.05, 3.63) is 15.6 Å². The summed E-state index contributed by atoms with van der Waals surface area (Å²) >= 11 is 1.72. The molecule has 0 bridgehead atoms. The monoisotopic (exact) mass is 351 g/mol. The van der Waals surface area contributed by atoms with Gasteiger partial charge < -0.3 is 9.47 Å². The quantitative estimate of drug-likeness (QED) is 0.763. The van der Waals surface area contributed by atoms with Crippen molar-refractivity contribution in [2.24, 2.45) is 17.8 Å². The fourth-order valence-corrected chi connectivity index (χ4v) is 4.63. The minimum atomic E-state index is -0.111. The zero-order valence-corrected chi connectivity index (χ0v) is 15.4. The summed E-state index contributed by atoms with van der Waals surface area (Å²) in [6, 6.07) is 0. The Bertz CT molecular complexity index is 619. The number of hydrogen-bond donors (Lipinski definition) is 0. The molecule has 3 rings (SSSR count). The number of fused-ring (bicyclic) bond motifs is 1. The van der Waals surface area contributed by atoms with Crippen molar-refractivity contribution >= 4 is 23.3 Å². The van der Waals surface area contributed by atoms with Gasteiger partial charge in [-0.3, -0.25) is 9.59 Å². The van der Waals surface area contributed by atoms with Crippen LogP contribution in [0.2, 0.25) is 0 Å². The second-order valence-corrected chi connectivity index (χ2v) is 8.39. The SMILES string of the molecule is COC(=O)[C@H]1C[C@H](c2nc3c(s2)CC(C(=O)OCC(C)C)CC3)C1. The molecule has 6 heteroatoms. The van der Waals surface area contributed by atoms with Gasteiger partial charge in [0.25, 0.3) is 0 Å². The zero-order valence-electron chi connectivity index (χ0n) is 14.5. The molecule has 0 aromatic carbocycles. The van der Waals surface area contributed by atoms with Gasteiger partial charge in [0.15, 0.2) is 0 Å². The van der Waals surface area contributed by atoms with Crippen LogP contribution in [0.4, 0.5) is 0 Å². The molecular weight excluding hydrogens is 326 g/mol. The van der Waals surface area contributed by atoms with Crippen LogP contribution in [0.15, 0.2) is 0 Å². The molecule has 132 valence electrons. The lowest BCUT2D eigenvalue weighted by atomic mass is 9.75. The minimum absolute atomic E-state index is 0.0275. The Kier molecular flexibility index (Phi) is 5.23. The average molecular weight is 351 g/mol. The van der Waals surface area contributed by atoms with Crippen molar-refractivity contribution in [2.45, 2.75) is 51.9 Å². The van der Waals surface area contributed by atoms with Crippen LogP contribution >= 0.6 is 11.3 Å². The molecule has 0 radical (unpaired) electrons. The predicted octanol–water partition coefficient (Wildman–Crippen LogP) is 3.11. The standard InChI is InChI=1S/C18H25NO4S/c1-10(2)9-23-18(21)11-4-5-14-15(8-11)24-16(19-14)12-6-13(7-12)17(20)22-3/h10-13H,4-9H2,1-3H3/t11?,12-,13-. The highest BCUT2D eigenvalue weighted by atomic mass is 32.1. The van der Waals surface area contributed by atoms with E-state index in [4.69, 9.17) is 14.5 Å². The van der Waals surface area contributed by atoms with Gasteiger partial charge in [0, 0.05) is 10.8 Å². The molecule has 0 spiro atoms. The summed E-state index contributed by atoms with van der Waals surface area (Å²) in [5.74, 6) is 0.549. The van der Waals surface area contributed by atoms with Crippen LogP contribution in [0.1, 0.15) is 54.6 Å². The van der Waals surface area contributed by atoms with E-state index in [-0.39, 0.29) is 23.8 Å². The lowest BCUT2D eigenvalue weighted by Gasteiger charge is -2.31. The number of aromatic nitrogens is 1. The van der Waals surface area contributed by atoms with Gasteiger partial charge in [-0.2, -0.15) is 0 Å². The lowest BCUT2D eigenvalue weighted by Crippen LogP contribution is -2.29. The van der Waals surface area contributed by atoms with E-state index in [2.05, 4.69) is 0 Å². The summed E-state index contributed by atoms with van der Waals surface area (Å²) < 4.78 is 10.2. The van der Waals surface area contributed by atoms with Crippen molar-refractivity contribution in [2.75, 3.05) is 13.7 Å². The molecule has 5 nitrogen and oxygen atoms in total. The summed E-state index contributed by atoms with van der Waals surface area (Å²) in [6.45, 7) is 4.58. The topological polar surface area (TPSA) is 65.5 Å². The number of hydrogen-bond acceptors (Lipinski definition) is 6. The first-order valence-corrected chi connectivity index (χ1v) is 9.52. The van der Waals surface area contributed by atoms with Crippen LogP contribution in [-0.2, 0) is 31.9 Å². The number of esters is 2. The Balaban J connectivity index is 1.57. The Hall–Kier alpha value is -1.43. The first kappa shape index (κ1) is 17.4. The van der Waals surface area contributed by atoms with Crippen LogP contribution in [-0.4, -0.2) is 30.6 Å². The van der Waals surface area contributed by atoms with Crippen molar-refractivity contribution < 1.29 is 19.1 Å². The third-order valence-corrected chi connectivity index (χ3v) is 6.15. The smallest absolute Gasteiger partial charge is 0.309 e. The van der Waals surface area contributed by atoms with E-state index < -0.39 is 0 Å². The van der Waals surface area contributed by atoms with Crippen LogP contribution in [0.5, 0.6) is 0 Å². The average Bonchev–Trinajstić information content (AvgIpc) is 2.93. The van der Waals surface area contributed by atoms with E-state index in [1.807, 2.05) is 13.8 Å². The Labute approximate surface area is 146 Å². The molecule has 1 aromatic rings. The highest BCUT2D eigenvalue weighted by Gasteiger charge is 2.39. The molecule has 0 N–H and O–H groups in total. The maximum Gasteiger partial charge on any atom is 0.309 e. The molecule has 1 aromatic heterocycles. The minimum Gasteiger partial charge on any atom is -0.469 e. The molecule has 1 fully saturated rings. The van der Waals surface area contributed by atoms with Crippen LogP contribution in [0.25, 0.3) is 0 Å². The Morgan fingerprint density at radius 2 is 2.00 bits per heavy atom. The highest BCUT2D eigenvalue weighted by Crippen LogP contribution is 2.45. The van der Waals surface area contributed by atoms with E-state index in [0.29, 0.717) is 18.4 Å². The predicted molar refractivity (Wildman–Crippen MR) is 90.9 cm³/mol. The van der Waals surface area contributed by atoms with Crippen molar-refractivity contribution in [3.8, 4) is 0 Å². The van der Waals surface area contributed by atoms with Gasteiger partial charge in [0.2, 0.25) is 0 Å². The molecular formula is C18H25NO4S. The van der Waals surface area contributed by atoms with Crippen molar-refractivity contribution in [1.82, 2.24) is 4.98 Å². The summed E-state index contributed by atoms with van der Waals surface area (Å²) in [6.07, 6.45) is 4.08. The van der Waals surface area contributed by atoms with E-state index in [1.165, 1.54) is 12.0 Å². The molecule has 1 unspecified atom stereocenters.